The zero-order valence-electron chi connectivity index (χ0n) is 9.10. The van der Waals surface area contributed by atoms with Crippen molar-refractivity contribution in [2.45, 2.75) is 12.5 Å². The van der Waals surface area contributed by atoms with Gasteiger partial charge in [0, 0.05) is 13.7 Å². The second kappa shape index (κ2) is 6.27. The minimum Gasteiger partial charge on any atom is -0.481 e. The number of carbonyl (C=O) groups is 2. The lowest BCUT2D eigenvalue weighted by molar-refractivity contribution is -0.139. The first kappa shape index (κ1) is 13.5. The third kappa shape index (κ3) is 4.08. The molecule has 0 fully saturated rings. The van der Waals surface area contributed by atoms with Crippen molar-refractivity contribution in [2.24, 2.45) is 0 Å². The molecule has 0 aromatic carbocycles. The molecule has 1 aromatic rings. The summed E-state index contributed by atoms with van der Waals surface area (Å²) >= 11 is 5.62. The summed E-state index contributed by atoms with van der Waals surface area (Å²) in [5.41, 5.74) is 0.205. The fourth-order valence-corrected chi connectivity index (χ4v) is 1.39. The summed E-state index contributed by atoms with van der Waals surface area (Å²) in [5.74, 6) is -1.43. The van der Waals surface area contributed by atoms with E-state index in [9.17, 15) is 9.59 Å². The highest BCUT2D eigenvalue weighted by Crippen LogP contribution is 2.16. The van der Waals surface area contributed by atoms with E-state index in [0.717, 1.165) is 0 Å². The van der Waals surface area contributed by atoms with E-state index >= 15 is 0 Å². The average molecular weight is 262 g/mol. The van der Waals surface area contributed by atoms with Gasteiger partial charge in [0.25, 0.3) is 5.91 Å². The summed E-state index contributed by atoms with van der Waals surface area (Å²) in [6.45, 7) is 0.0865. The molecule has 17 heavy (non-hydrogen) atoms. The largest absolute Gasteiger partial charge is 0.481 e. The first-order valence-corrected chi connectivity index (χ1v) is 5.18. The zero-order valence-corrected chi connectivity index (χ0v) is 9.86. The molecule has 1 aromatic heterocycles. The van der Waals surface area contributed by atoms with Crippen LogP contribution >= 0.6 is 11.6 Å². The minimum atomic E-state index is -0.993. The summed E-state index contributed by atoms with van der Waals surface area (Å²) in [5, 5.41) is 11.1. The Bertz CT molecular complexity index is 403. The van der Waals surface area contributed by atoms with Crippen LogP contribution in [0.5, 0.6) is 0 Å². The van der Waals surface area contributed by atoms with Gasteiger partial charge in [0.15, 0.2) is 0 Å². The molecule has 1 rings (SSSR count). The second-order valence-electron chi connectivity index (χ2n) is 3.27. The summed E-state index contributed by atoms with van der Waals surface area (Å²) in [7, 11) is 1.38. The van der Waals surface area contributed by atoms with E-state index in [2.05, 4.69) is 5.32 Å². The van der Waals surface area contributed by atoms with Crippen LogP contribution in [0.2, 0.25) is 5.22 Å². The van der Waals surface area contributed by atoms with Crippen LogP contribution in [0.3, 0.4) is 0 Å². The number of aliphatic carboxylic acids is 1. The standard InChI is InChI=1S/C10H12ClNO5/c1-16-6(4-8(13)14)5-12-10(15)7-2-3-17-9(7)11/h2-3,6H,4-5H2,1H3,(H,12,15)(H,13,14). The Morgan fingerprint density at radius 1 is 1.65 bits per heavy atom. The number of hydrogen-bond donors (Lipinski definition) is 2. The van der Waals surface area contributed by atoms with Crippen molar-refractivity contribution in [1.29, 1.82) is 0 Å². The van der Waals surface area contributed by atoms with E-state index in [1.54, 1.807) is 0 Å². The van der Waals surface area contributed by atoms with Gasteiger partial charge in [-0.05, 0) is 17.7 Å². The van der Waals surface area contributed by atoms with Crippen LogP contribution in [0, 0.1) is 0 Å². The molecule has 7 heteroatoms. The Morgan fingerprint density at radius 2 is 2.35 bits per heavy atom. The minimum absolute atomic E-state index is 0.00491. The van der Waals surface area contributed by atoms with Gasteiger partial charge in [-0.25, -0.2) is 0 Å². The molecule has 0 bridgehead atoms. The molecule has 0 spiro atoms. The number of methoxy groups -OCH3 is 1. The van der Waals surface area contributed by atoms with Gasteiger partial charge in [0.2, 0.25) is 5.22 Å². The Morgan fingerprint density at radius 3 is 2.82 bits per heavy atom. The van der Waals surface area contributed by atoms with Gasteiger partial charge >= 0.3 is 5.97 Å². The molecule has 6 nitrogen and oxygen atoms in total. The Balaban J connectivity index is 2.47. The van der Waals surface area contributed by atoms with Crippen LogP contribution in [-0.2, 0) is 9.53 Å². The summed E-state index contributed by atoms with van der Waals surface area (Å²) in [6.07, 6.45) is 0.528. The molecular formula is C10H12ClNO5. The number of rotatable bonds is 6. The monoisotopic (exact) mass is 261 g/mol. The summed E-state index contributed by atoms with van der Waals surface area (Å²) in [6, 6.07) is 1.43. The fourth-order valence-electron chi connectivity index (χ4n) is 1.19. The van der Waals surface area contributed by atoms with E-state index < -0.39 is 18.0 Å². The number of amides is 1. The molecule has 1 heterocycles. The normalized spacial score (nSPS) is 12.1. The number of furan rings is 1. The van der Waals surface area contributed by atoms with E-state index in [-0.39, 0.29) is 23.7 Å². The van der Waals surface area contributed by atoms with Gasteiger partial charge < -0.3 is 19.6 Å². The maximum atomic E-state index is 11.6. The highest BCUT2D eigenvalue weighted by atomic mass is 35.5. The Labute approximate surface area is 102 Å². The van der Waals surface area contributed by atoms with Crippen LogP contribution in [0.25, 0.3) is 0 Å². The van der Waals surface area contributed by atoms with Crippen molar-refractivity contribution < 1.29 is 23.8 Å². The second-order valence-corrected chi connectivity index (χ2v) is 3.62. The zero-order chi connectivity index (χ0) is 12.8. The number of ether oxygens (including phenoxy) is 1. The van der Waals surface area contributed by atoms with E-state index in [1.807, 2.05) is 0 Å². The van der Waals surface area contributed by atoms with Crippen molar-refractivity contribution in [1.82, 2.24) is 5.32 Å². The number of hydrogen-bond acceptors (Lipinski definition) is 4. The third-order valence-corrected chi connectivity index (χ3v) is 2.38. The molecule has 0 aliphatic rings. The number of carboxylic acids is 1. The Hall–Kier alpha value is -1.53. The molecule has 0 aliphatic heterocycles. The van der Waals surface area contributed by atoms with Gasteiger partial charge in [-0.1, -0.05) is 0 Å². The van der Waals surface area contributed by atoms with Crippen molar-refractivity contribution >= 4 is 23.5 Å². The van der Waals surface area contributed by atoms with Crippen LogP contribution < -0.4 is 5.32 Å². The molecule has 0 saturated heterocycles. The van der Waals surface area contributed by atoms with Crippen molar-refractivity contribution in [2.75, 3.05) is 13.7 Å². The van der Waals surface area contributed by atoms with Gasteiger partial charge in [-0.2, -0.15) is 0 Å². The van der Waals surface area contributed by atoms with Crippen LogP contribution in [0.15, 0.2) is 16.7 Å². The van der Waals surface area contributed by atoms with Crippen LogP contribution in [0.4, 0.5) is 0 Å². The lowest BCUT2D eigenvalue weighted by atomic mass is 10.2. The summed E-state index contributed by atoms with van der Waals surface area (Å²) in [4.78, 5) is 22.0. The molecule has 0 aliphatic carbocycles. The highest BCUT2D eigenvalue weighted by Gasteiger charge is 2.16. The molecule has 94 valence electrons. The lowest BCUT2D eigenvalue weighted by Crippen LogP contribution is -2.34. The van der Waals surface area contributed by atoms with Gasteiger partial charge in [0.1, 0.15) is 0 Å². The van der Waals surface area contributed by atoms with Gasteiger partial charge in [0.05, 0.1) is 24.4 Å². The Kier molecular flexibility index (Phi) is 4.99. The van der Waals surface area contributed by atoms with E-state index in [0.29, 0.717) is 0 Å². The van der Waals surface area contributed by atoms with E-state index in [4.69, 9.17) is 25.9 Å². The van der Waals surface area contributed by atoms with Crippen LogP contribution in [-0.4, -0.2) is 36.7 Å². The lowest BCUT2D eigenvalue weighted by Gasteiger charge is -2.13. The molecule has 0 saturated carbocycles. The predicted molar refractivity (Wildman–Crippen MR) is 59.1 cm³/mol. The molecule has 1 atom stereocenters. The first-order chi connectivity index (χ1) is 8.04. The van der Waals surface area contributed by atoms with Crippen LogP contribution in [0.1, 0.15) is 16.8 Å². The molecule has 0 radical (unpaired) electrons. The van der Waals surface area contributed by atoms with Crippen molar-refractivity contribution in [3.05, 3.63) is 23.1 Å². The maximum Gasteiger partial charge on any atom is 0.306 e. The maximum absolute atomic E-state index is 11.6. The van der Waals surface area contributed by atoms with Gasteiger partial charge in [-0.3, -0.25) is 9.59 Å². The quantitative estimate of drug-likeness (QED) is 0.802. The molecular weight excluding hydrogens is 250 g/mol. The van der Waals surface area contributed by atoms with Gasteiger partial charge in [-0.15, -0.1) is 0 Å². The van der Waals surface area contributed by atoms with E-state index in [1.165, 1.54) is 19.4 Å². The first-order valence-electron chi connectivity index (χ1n) is 4.80. The molecule has 1 unspecified atom stereocenters. The SMILES string of the molecule is COC(CNC(=O)c1ccoc1Cl)CC(=O)O. The molecule has 1 amide bonds. The summed E-state index contributed by atoms with van der Waals surface area (Å²) < 4.78 is 9.67. The predicted octanol–water partition coefficient (Wildman–Crippen LogP) is 1.15. The fraction of sp³-hybridized carbons (Fsp3) is 0.400. The highest BCUT2D eigenvalue weighted by molar-refractivity contribution is 6.32. The number of nitrogens with one attached hydrogen (secondary N) is 1. The number of carbonyl (C=O) groups excluding carboxylic acids is 1. The average Bonchev–Trinajstić information content (AvgIpc) is 2.69. The number of halogens is 1. The third-order valence-electron chi connectivity index (χ3n) is 2.09. The molecule has 2 N–H and O–H groups in total. The van der Waals surface area contributed by atoms with Crippen molar-refractivity contribution in [3.8, 4) is 0 Å². The van der Waals surface area contributed by atoms with Crippen molar-refractivity contribution in [3.63, 3.8) is 0 Å². The topological polar surface area (TPSA) is 88.8 Å². The smallest absolute Gasteiger partial charge is 0.306 e. The number of carboxylic acid groups (broad SMARTS) is 1.